The maximum atomic E-state index is 12.5. The van der Waals surface area contributed by atoms with E-state index in [1.54, 1.807) is 43.8 Å². The quantitative estimate of drug-likeness (QED) is 0.385. The van der Waals surface area contributed by atoms with E-state index < -0.39 is 0 Å². The van der Waals surface area contributed by atoms with Crippen LogP contribution in [-0.4, -0.2) is 35.7 Å². The summed E-state index contributed by atoms with van der Waals surface area (Å²) >= 11 is 2.98. The lowest BCUT2D eigenvalue weighted by Gasteiger charge is -2.09. The van der Waals surface area contributed by atoms with Crippen molar-refractivity contribution in [2.75, 3.05) is 20.0 Å². The van der Waals surface area contributed by atoms with Gasteiger partial charge in [-0.3, -0.25) is 4.79 Å². The second kappa shape index (κ2) is 6.97. The van der Waals surface area contributed by atoms with Gasteiger partial charge in [-0.05, 0) is 29.6 Å². The fraction of sp³-hybridized carbons (Fsp3) is 0.188. The van der Waals surface area contributed by atoms with Gasteiger partial charge in [0.05, 0.1) is 35.8 Å². The Labute approximate surface area is 141 Å². The number of carbonyl (C=O) groups excluding carboxylic acids is 1. The Morgan fingerprint density at radius 1 is 1.22 bits per heavy atom. The van der Waals surface area contributed by atoms with Gasteiger partial charge >= 0.3 is 0 Å². The predicted octanol–water partition coefficient (Wildman–Crippen LogP) is 3.68. The lowest BCUT2D eigenvalue weighted by atomic mass is 10.1. The summed E-state index contributed by atoms with van der Waals surface area (Å²) in [5.74, 6) is 1.41. The van der Waals surface area contributed by atoms with E-state index in [1.807, 2.05) is 11.4 Å². The Morgan fingerprint density at radius 3 is 2.87 bits per heavy atom. The average molecular weight is 346 g/mol. The molecule has 2 aromatic heterocycles. The Morgan fingerprint density at radius 2 is 2.09 bits per heavy atom. The first-order valence-corrected chi connectivity index (χ1v) is 8.65. The largest absolute Gasteiger partial charge is 0.497 e. The summed E-state index contributed by atoms with van der Waals surface area (Å²) in [4.78, 5) is 21.0. The minimum absolute atomic E-state index is 0.0333. The van der Waals surface area contributed by atoms with Crippen molar-refractivity contribution < 1.29 is 14.3 Å². The van der Waals surface area contributed by atoms with Crippen molar-refractivity contribution in [1.82, 2.24) is 9.97 Å². The van der Waals surface area contributed by atoms with Crippen LogP contribution in [0, 0.1) is 0 Å². The number of thioether (sulfide) groups is 1. The Kier molecular flexibility index (Phi) is 4.78. The van der Waals surface area contributed by atoms with E-state index in [-0.39, 0.29) is 11.5 Å². The molecule has 5 nitrogen and oxygen atoms in total. The van der Waals surface area contributed by atoms with Crippen LogP contribution in [0.3, 0.4) is 0 Å². The van der Waals surface area contributed by atoms with Crippen LogP contribution in [0.25, 0.3) is 10.2 Å². The first-order chi connectivity index (χ1) is 11.2. The van der Waals surface area contributed by atoms with Crippen molar-refractivity contribution in [3.63, 3.8) is 0 Å². The summed E-state index contributed by atoms with van der Waals surface area (Å²) in [7, 11) is 3.12. The topological polar surface area (TPSA) is 61.3 Å². The Hall–Kier alpha value is -2.12. The third-order valence-electron chi connectivity index (χ3n) is 3.26. The number of ether oxygens (including phenoxy) is 2. The Balaban J connectivity index is 1.81. The van der Waals surface area contributed by atoms with Crippen molar-refractivity contribution in [1.29, 1.82) is 0 Å². The van der Waals surface area contributed by atoms with Crippen LogP contribution in [0.4, 0.5) is 0 Å². The molecular weight excluding hydrogens is 332 g/mol. The SMILES string of the molecule is COc1ccc(OC)c(C(=O)CSc2ncnc3ccsc23)c1. The van der Waals surface area contributed by atoms with Crippen LogP contribution < -0.4 is 9.47 Å². The number of hydrogen-bond donors (Lipinski definition) is 0. The van der Waals surface area contributed by atoms with Crippen LogP contribution in [0.5, 0.6) is 11.5 Å². The smallest absolute Gasteiger partial charge is 0.177 e. The van der Waals surface area contributed by atoms with E-state index in [0.29, 0.717) is 17.1 Å². The molecule has 0 aliphatic rings. The molecule has 0 aliphatic carbocycles. The van der Waals surface area contributed by atoms with Crippen LogP contribution in [-0.2, 0) is 0 Å². The van der Waals surface area contributed by atoms with E-state index in [2.05, 4.69) is 9.97 Å². The maximum absolute atomic E-state index is 12.5. The minimum Gasteiger partial charge on any atom is -0.497 e. The second-order valence-corrected chi connectivity index (χ2v) is 6.47. The zero-order valence-corrected chi connectivity index (χ0v) is 14.2. The lowest BCUT2D eigenvalue weighted by molar-refractivity contribution is 0.101. The van der Waals surface area contributed by atoms with E-state index in [1.165, 1.54) is 18.1 Å². The van der Waals surface area contributed by atoms with Gasteiger partial charge in [0.1, 0.15) is 22.9 Å². The molecule has 0 saturated heterocycles. The molecule has 0 amide bonds. The minimum atomic E-state index is -0.0333. The fourth-order valence-corrected chi connectivity index (χ4v) is 3.94. The van der Waals surface area contributed by atoms with Crippen molar-refractivity contribution in [3.8, 4) is 11.5 Å². The van der Waals surface area contributed by atoms with Crippen LogP contribution in [0.15, 0.2) is 41.0 Å². The average Bonchev–Trinajstić information content (AvgIpc) is 3.08. The molecule has 118 valence electrons. The lowest BCUT2D eigenvalue weighted by Crippen LogP contribution is -2.05. The van der Waals surface area contributed by atoms with Crippen molar-refractivity contribution in [3.05, 3.63) is 41.5 Å². The Bertz CT molecular complexity index is 848. The number of thiophene rings is 1. The highest BCUT2D eigenvalue weighted by Gasteiger charge is 2.15. The molecule has 0 radical (unpaired) electrons. The summed E-state index contributed by atoms with van der Waals surface area (Å²) in [6.45, 7) is 0. The first kappa shape index (κ1) is 15.8. The predicted molar refractivity (Wildman–Crippen MR) is 92.0 cm³/mol. The zero-order valence-electron chi connectivity index (χ0n) is 12.6. The molecule has 0 atom stereocenters. The molecule has 23 heavy (non-hydrogen) atoms. The van der Waals surface area contributed by atoms with Crippen molar-refractivity contribution in [2.45, 2.75) is 5.03 Å². The van der Waals surface area contributed by atoms with E-state index >= 15 is 0 Å². The van der Waals surface area contributed by atoms with Gasteiger partial charge in [-0.2, -0.15) is 0 Å². The van der Waals surface area contributed by atoms with E-state index in [9.17, 15) is 4.79 Å². The number of methoxy groups -OCH3 is 2. The third kappa shape index (κ3) is 3.30. The molecule has 0 unspecified atom stereocenters. The van der Waals surface area contributed by atoms with Crippen LogP contribution in [0.1, 0.15) is 10.4 Å². The third-order valence-corrected chi connectivity index (χ3v) is 5.29. The van der Waals surface area contributed by atoms with Gasteiger partial charge in [0.2, 0.25) is 0 Å². The summed E-state index contributed by atoms with van der Waals surface area (Å²) in [6.07, 6.45) is 1.52. The number of carbonyl (C=O) groups is 1. The van der Waals surface area contributed by atoms with Gasteiger partial charge in [-0.25, -0.2) is 9.97 Å². The number of rotatable bonds is 6. The number of aromatic nitrogens is 2. The molecule has 2 heterocycles. The summed E-state index contributed by atoms with van der Waals surface area (Å²) < 4.78 is 11.5. The standard InChI is InChI=1S/C16H14N2O3S2/c1-20-10-3-4-14(21-2)11(7-10)13(19)8-23-16-15-12(5-6-22-15)17-9-18-16/h3-7,9H,8H2,1-2H3. The molecule has 7 heteroatoms. The molecule has 0 aliphatic heterocycles. The number of ketones is 1. The number of benzene rings is 1. The van der Waals surface area contributed by atoms with Gasteiger partial charge in [0, 0.05) is 0 Å². The van der Waals surface area contributed by atoms with E-state index in [4.69, 9.17) is 9.47 Å². The highest BCUT2D eigenvalue weighted by atomic mass is 32.2. The molecule has 1 aromatic carbocycles. The van der Waals surface area contributed by atoms with Gasteiger partial charge in [-0.15, -0.1) is 11.3 Å². The highest BCUT2D eigenvalue weighted by Crippen LogP contribution is 2.30. The molecule has 0 bridgehead atoms. The number of hydrogen-bond acceptors (Lipinski definition) is 7. The number of Topliss-reactive ketones (excluding diaryl/α,β-unsaturated/α-hetero) is 1. The van der Waals surface area contributed by atoms with Crippen LogP contribution >= 0.6 is 23.1 Å². The van der Waals surface area contributed by atoms with Crippen molar-refractivity contribution in [2.24, 2.45) is 0 Å². The first-order valence-electron chi connectivity index (χ1n) is 6.79. The zero-order chi connectivity index (χ0) is 16.2. The summed E-state index contributed by atoms with van der Waals surface area (Å²) in [6, 6.07) is 7.14. The highest BCUT2D eigenvalue weighted by molar-refractivity contribution is 8.00. The molecule has 3 rings (SSSR count). The molecule has 0 N–H and O–H groups in total. The van der Waals surface area contributed by atoms with Crippen LogP contribution in [0.2, 0.25) is 0 Å². The van der Waals surface area contributed by atoms with Gasteiger partial charge in [-0.1, -0.05) is 11.8 Å². The molecule has 3 aromatic rings. The van der Waals surface area contributed by atoms with Crippen molar-refractivity contribution >= 4 is 39.1 Å². The maximum Gasteiger partial charge on any atom is 0.177 e. The summed E-state index contributed by atoms with van der Waals surface area (Å²) in [5, 5.41) is 2.79. The normalized spacial score (nSPS) is 10.7. The van der Waals surface area contributed by atoms with Gasteiger partial charge in [0.25, 0.3) is 0 Å². The second-order valence-electron chi connectivity index (χ2n) is 4.59. The number of fused-ring (bicyclic) bond motifs is 1. The van der Waals surface area contributed by atoms with Gasteiger partial charge < -0.3 is 9.47 Å². The van der Waals surface area contributed by atoms with Gasteiger partial charge in [0.15, 0.2) is 5.78 Å². The molecule has 0 saturated carbocycles. The fourth-order valence-electron chi connectivity index (χ4n) is 2.11. The number of nitrogens with zero attached hydrogens (tertiary/aromatic N) is 2. The monoisotopic (exact) mass is 346 g/mol. The molecular formula is C16H14N2O3S2. The van der Waals surface area contributed by atoms with E-state index in [0.717, 1.165) is 15.2 Å². The molecule has 0 fully saturated rings. The summed E-state index contributed by atoms with van der Waals surface area (Å²) in [5.41, 5.74) is 1.41. The molecule has 0 spiro atoms.